The second-order valence-corrected chi connectivity index (χ2v) is 7.16. The standard InChI is InChI=1S/C9H20O3Si/c1-4-11-13(2,3)12-8-9-6-5-7-10-9/h9H,4-8H2,1-3H3. The van der Waals surface area contributed by atoms with Crippen LogP contribution in [0.3, 0.4) is 0 Å². The van der Waals surface area contributed by atoms with Crippen LogP contribution in [0, 0.1) is 0 Å². The average molecular weight is 204 g/mol. The van der Waals surface area contributed by atoms with Crippen molar-refractivity contribution in [2.24, 2.45) is 0 Å². The normalized spacial score (nSPS) is 23.8. The molecule has 0 aliphatic carbocycles. The minimum atomic E-state index is -1.85. The summed E-state index contributed by atoms with van der Waals surface area (Å²) < 4.78 is 16.8. The highest BCUT2D eigenvalue weighted by atomic mass is 28.4. The monoisotopic (exact) mass is 204 g/mol. The summed E-state index contributed by atoms with van der Waals surface area (Å²) in [5, 5.41) is 0. The molecule has 0 N–H and O–H groups in total. The van der Waals surface area contributed by atoms with E-state index in [1.54, 1.807) is 0 Å². The van der Waals surface area contributed by atoms with Gasteiger partial charge in [-0.25, -0.2) is 0 Å². The van der Waals surface area contributed by atoms with Gasteiger partial charge in [-0.15, -0.1) is 0 Å². The van der Waals surface area contributed by atoms with Crippen molar-refractivity contribution in [1.29, 1.82) is 0 Å². The number of hydrogen-bond donors (Lipinski definition) is 0. The maximum absolute atomic E-state index is 5.75. The largest absolute Gasteiger partial charge is 0.395 e. The Labute approximate surface area is 81.6 Å². The number of rotatable bonds is 5. The Morgan fingerprint density at radius 1 is 1.38 bits per heavy atom. The van der Waals surface area contributed by atoms with Gasteiger partial charge in [0.2, 0.25) is 0 Å². The summed E-state index contributed by atoms with van der Waals surface area (Å²) in [6, 6.07) is 0. The molecule has 0 spiro atoms. The molecule has 13 heavy (non-hydrogen) atoms. The van der Waals surface area contributed by atoms with Gasteiger partial charge in [0.05, 0.1) is 12.7 Å². The SMILES string of the molecule is CCO[Si](C)(C)OCC1CCCO1. The van der Waals surface area contributed by atoms with E-state index >= 15 is 0 Å². The van der Waals surface area contributed by atoms with Crippen LogP contribution in [0.1, 0.15) is 19.8 Å². The molecule has 78 valence electrons. The highest BCUT2D eigenvalue weighted by Crippen LogP contribution is 2.15. The van der Waals surface area contributed by atoms with Crippen molar-refractivity contribution in [3.8, 4) is 0 Å². The molecule has 0 saturated carbocycles. The van der Waals surface area contributed by atoms with Gasteiger partial charge in [0, 0.05) is 13.2 Å². The molecule has 3 nitrogen and oxygen atoms in total. The van der Waals surface area contributed by atoms with Crippen LogP contribution in [0.5, 0.6) is 0 Å². The first-order valence-corrected chi connectivity index (χ1v) is 7.85. The van der Waals surface area contributed by atoms with Gasteiger partial charge in [0.1, 0.15) is 0 Å². The van der Waals surface area contributed by atoms with Gasteiger partial charge in [-0.05, 0) is 32.9 Å². The van der Waals surface area contributed by atoms with E-state index in [4.69, 9.17) is 13.6 Å². The summed E-state index contributed by atoms with van der Waals surface area (Å²) in [5.74, 6) is 0. The van der Waals surface area contributed by atoms with Crippen LogP contribution < -0.4 is 0 Å². The van der Waals surface area contributed by atoms with Crippen molar-refractivity contribution in [3.05, 3.63) is 0 Å². The molecule has 0 radical (unpaired) electrons. The molecule has 1 unspecified atom stereocenters. The third-order valence-electron chi connectivity index (χ3n) is 2.13. The molecule has 1 aliphatic heterocycles. The van der Waals surface area contributed by atoms with E-state index in [0.717, 1.165) is 19.6 Å². The van der Waals surface area contributed by atoms with Crippen molar-refractivity contribution in [2.45, 2.75) is 39.0 Å². The maximum Gasteiger partial charge on any atom is 0.331 e. The van der Waals surface area contributed by atoms with Gasteiger partial charge in [0.25, 0.3) is 0 Å². The predicted octanol–water partition coefficient (Wildman–Crippen LogP) is 1.92. The number of ether oxygens (including phenoxy) is 1. The second kappa shape index (κ2) is 5.10. The smallest absolute Gasteiger partial charge is 0.331 e. The van der Waals surface area contributed by atoms with Crippen LogP contribution in [-0.4, -0.2) is 34.5 Å². The Bertz CT molecular complexity index is 144. The first-order valence-electron chi connectivity index (χ1n) is 5.03. The predicted molar refractivity (Wildman–Crippen MR) is 54.0 cm³/mol. The zero-order valence-electron chi connectivity index (χ0n) is 8.84. The Kier molecular flexibility index (Phi) is 4.38. The zero-order chi connectivity index (χ0) is 9.73. The lowest BCUT2D eigenvalue weighted by Crippen LogP contribution is -2.37. The summed E-state index contributed by atoms with van der Waals surface area (Å²) in [6.45, 7) is 8.50. The molecular weight excluding hydrogens is 184 g/mol. The van der Waals surface area contributed by atoms with Gasteiger partial charge >= 0.3 is 8.56 Å². The van der Waals surface area contributed by atoms with Crippen LogP contribution in [0.25, 0.3) is 0 Å². The minimum Gasteiger partial charge on any atom is -0.395 e. The molecule has 1 fully saturated rings. The molecule has 1 saturated heterocycles. The molecule has 0 aromatic heterocycles. The van der Waals surface area contributed by atoms with Crippen molar-refractivity contribution in [1.82, 2.24) is 0 Å². The molecule has 1 heterocycles. The number of hydrogen-bond acceptors (Lipinski definition) is 3. The molecule has 0 bridgehead atoms. The average Bonchev–Trinajstić information content (AvgIpc) is 2.52. The van der Waals surface area contributed by atoms with Crippen LogP contribution >= 0.6 is 0 Å². The van der Waals surface area contributed by atoms with E-state index in [-0.39, 0.29) is 0 Å². The van der Waals surface area contributed by atoms with Gasteiger partial charge in [-0.2, -0.15) is 0 Å². The lowest BCUT2D eigenvalue weighted by atomic mass is 10.2. The summed E-state index contributed by atoms with van der Waals surface area (Å²) in [5.41, 5.74) is 0. The van der Waals surface area contributed by atoms with Gasteiger partial charge in [-0.1, -0.05) is 0 Å². The van der Waals surface area contributed by atoms with E-state index in [1.165, 1.54) is 6.42 Å². The Morgan fingerprint density at radius 3 is 2.69 bits per heavy atom. The van der Waals surface area contributed by atoms with E-state index in [1.807, 2.05) is 6.92 Å². The first kappa shape index (κ1) is 11.2. The van der Waals surface area contributed by atoms with Crippen LogP contribution in [0.15, 0.2) is 0 Å². The van der Waals surface area contributed by atoms with Crippen LogP contribution in [0.2, 0.25) is 13.1 Å². The topological polar surface area (TPSA) is 27.7 Å². The van der Waals surface area contributed by atoms with Crippen LogP contribution in [0.4, 0.5) is 0 Å². The highest BCUT2D eigenvalue weighted by molar-refractivity contribution is 6.64. The highest BCUT2D eigenvalue weighted by Gasteiger charge is 2.26. The molecule has 0 aromatic rings. The van der Waals surface area contributed by atoms with E-state index in [2.05, 4.69) is 13.1 Å². The fourth-order valence-corrected chi connectivity index (χ4v) is 2.82. The van der Waals surface area contributed by atoms with Crippen molar-refractivity contribution in [3.63, 3.8) is 0 Å². The molecule has 1 rings (SSSR count). The summed E-state index contributed by atoms with van der Waals surface area (Å²) in [7, 11) is -1.85. The van der Waals surface area contributed by atoms with Crippen molar-refractivity contribution >= 4 is 8.56 Å². The minimum absolute atomic E-state index is 0.312. The quantitative estimate of drug-likeness (QED) is 0.640. The van der Waals surface area contributed by atoms with Gasteiger partial charge in [0.15, 0.2) is 0 Å². The summed E-state index contributed by atoms with van der Waals surface area (Å²) >= 11 is 0. The molecule has 0 amide bonds. The maximum atomic E-state index is 5.75. The summed E-state index contributed by atoms with van der Waals surface area (Å²) in [4.78, 5) is 0. The lowest BCUT2D eigenvalue weighted by molar-refractivity contribution is 0.0515. The Morgan fingerprint density at radius 2 is 2.15 bits per heavy atom. The summed E-state index contributed by atoms with van der Waals surface area (Å²) in [6.07, 6.45) is 2.62. The van der Waals surface area contributed by atoms with E-state index in [0.29, 0.717) is 12.7 Å². The van der Waals surface area contributed by atoms with E-state index < -0.39 is 8.56 Å². The fraction of sp³-hybridized carbons (Fsp3) is 1.00. The Balaban J connectivity index is 2.15. The fourth-order valence-electron chi connectivity index (χ4n) is 1.46. The third kappa shape index (κ3) is 4.22. The van der Waals surface area contributed by atoms with Crippen molar-refractivity contribution in [2.75, 3.05) is 19.8 Å². The zero-order valence-corrected chi connectivity index (χ0v) is 9.84. The van der Waals surface area contributed by atoms with Crippen molar-refractivity contribution < 1.29 is 13.6 Å². The third-order valence-corrected chi connectivity index (χ3v) is 3.98. The van der Waals surface area contributed by atoms with Crippen LogP contribution in [-0.2, 0) is 13.6 Å². The Hall–Kier alpha value is 0.0969. The first-order chi connectivity index (χ1) is 6.14. The molecule has 0 aromatic carbocycles. The molecule has 4 heteroatoms. The second-order valence-electron chi connectivity index (χ2n) is 3.78. The molecular formula is C9H20O3Si. The molecule has 1 atom stereocenters. The van der Waals surface area contributed by atoms with Gasteiger partial charge < -0.3 is 13.6 Å². The van der Waals surface area contributed by atoms with Gasteiger partial charge in [-0.3, -0.25) is 0 Å². The molecule has 1 aliphatic rings. The van der Waals surface area contributed by atoms with E-state index in [9.17, 15) is 0 Å². The lowest BCUT2D eigenvalue weighted by Gasteiger charge is -2.23.